The third-order valence-electron chi connectivity index (χ3n) is 3.68. The summed E-state index contributed by atoms with van der Waals surface area (Å²) >= 11 is 0. The van der Waals surface area contributed by atoms with E-state index in [0.717, 1.165) is 22.5 Å². The maximum atomic E-state index is 13.6. The lowest BCUT2D eigenvalue weighted by Crippen LogP contribution is -2.48. The number of rotatable bonds is 3. The Labute approximate surface area is 121 Å². The summed E-state index contributed by atoms with van der Waals surface area (Å²) in [5.41, 5.74) is 4.82. The van der Waals surface area contributed by atoms with Crippen molar-refractivity contribution in [2.45, 2.75) is 24.3 Å². The lowest BCUT2D eigenvalue weighted by Gasteiger charge is -2.34. The minimum Gasteiger partial charge on any atom is -0.327 e. The molecule has 116 valence electrons. The molecule has 0 radical (unpaired) electrons. The summed E-state index contributed by atoms with van der Waals surface area (Å²) in [7, 11) is -4.12. The highest BCUT2D eigenvalue weighted by Crippen LogP contribution is 2.31. The zero-order valence-electron chi connectivity index (χ0n) is 11.4. The first kappa shape index (κ1) is 15.8. The maximum Gasteiger partial charge on any atom is 0.324 e. The van der Waals surface area contributed by atoms with Gasteiger partial charge in [0, 0.05) is 19.1 Å². The van der Waals surface area contributed by atoms with Crippen molar-refractivity contribution in [2.75, 3.05) is 13.1 Å². The van der Waals surface area contributed by atoms with Gasteiger partial charge in [0.15, 0.2) is 4.90 Å². The van der Waals surface area contributed by atoms with E-state index < -0.39 is 31.3 Å². The van der Waals surface area contributed by atoms with Gasteiger partial charge in [-0.1, -0.05) is 13.0 Å². The number of sulfonamides is 1. The summed E-state index contributed by atoms with van der Waals surface area (Å²) < 4.78 is 39.8. The lowest BCUT2D eigenvalue weighted by atomic mass is 9.96. The van der Waals surface area contributed by atoms with Crippen molar-refractivity contribution in [3.8, 4) is 0 Å². The van der Waals surface area contributed by atoms with E-state index in [2.05, 4.69) is 0 Å². The first-order valence-electron chi connectivity index (χ1n) is 6.43. The fourth-order valence-electron chi connectivity index (χ4n) is 2.36. The molecule has 1 aliphatic rings. The molecule has 2 unspecified atom stereocenters. The standard InChI is InChI=1S/C12H16FN3O4S/c1-8-7-15(6-5-10(8)14)21(19,20)11-4-2-3-9(13)12(11)16(17)18/h2-4,8,10H,5-7,14H2,1H3. The third-order valence-corrected chi connectivity index (χ3v) is 5.58. The van der Waals surface area contributed by atoms with Gasteiger partial charge in [0.1, 0.15) is 0 Å². The molecule has 0 amide bonds. The first-order chi connectivity index (χ1) is 9.75. The van der Waals surface area contributed by atoms with Crippen molar-refractivity contribution in [3.63, 3.8) is 0 Å². The van der Waals surface area contributed by atoms with Gasteiger partial charge in [-0.05, 0) is 24.5 Å². The SMILES string of the molecule is CC1CN(S(=O)(=O)c2cccc(F)c2[N+](=O)[O-])CCC1N. The second kappa shape index (κ2) is 5.66. The van der Waals surface area contributed by atoms with E-state index in [1.807, 2.05) is 6.92 Å². The Morgan fingerprint density at radius 2 is 2.14 bits per heavy atom. The van der Waals surface area contributed by atoms with Crippen LogP contribution in [0.5, 0.6) is 0 Å². The van der Waals surface area contributed by atoms with Gasteiger partial charge in [0.25, 0.3) is 0 Å². The number of halogens is 1. The number of nitrogens with two attached hydrogens (primary N) is 1. The second-order valence-electron chi connectivity index (χ2n) is 5.14. The van der Waals surface area contributed by atoms with Crippen LogP contribution < -0.4 is 5.73 Å². The van der Waals surface area contributed by atoms with Crippen LogP contribution in [0.2, 0.25) is 0 Å². The number of para-hydroxylation sites is 1. The molecule has 0 spiro atoms. The van der Waals surface area contributed by atoms with Crippen molar-refractivity contribution in [1.82, 2.24) is 4.31 Å². The molecule has 9 heteroatoms. The van der Waals surface area contributed by atoms with Gasteiger partial charge >= 0.3 is 5.69 Å². The quantitative estimate of drug-likeness (QED) is 0.663. The van der Waals surface area contributed by atoms with E-state index in [1.54, 1.807) is 0 Å². The summed E-state index contributed by atoms with van der Waals surface area (Å²) in [5.74, 6) is -1.23. The van der Waals surface area contributed by atoms with Gasteiger partial charge in [0.2, 0.25) is 15.8 Å². The average molecular weight is 317 g/mol. The predicted molar refractivity (Wildman–Crippen MR) is 73.6 cm³/mol. The van der Waals surface area contributed by atoms with Gasteiger partial charge in [0.05, 0.1) is 4.92 Å². The predicted octanol–water partition coefficient (Wildman–Crippen LogP) is 1.09. The highest BCUT2D eigenvalue weighted by Gasteiger charge is 2.37. The summed E-state index contributed by atoms with van der Waals surface area (Å²) in [4.78, 5) is 9.32. The van der Waals surface area contributed by atoms with E-state index in [9.17, 15) is 22.9 Å². The van der Waals surface area contributed by atoms with Gasteiger partial charge < -0.3 is 5.73 Å². The van der Waals surface area contributed by atoms with Crippen molar-refractivity contribution < 1.29 is 17.7 Å². The molecule has 0 saturated carbocycles. The molecule has 2 N–H and O–H groups in total. The van der Waals surface area contributed by atoms with E-state index in [0.29, 0.717) is 6.42 Å². The second-order valence-corrected chi connectivity index (χ2v) is 7.04. The number of benzene rings is 1. The molecular weight excluding hydrogens is 301 g/mol. The highest BCUT2D eigenvalue weighted by molar-refractivity contribution is 7.89. The largest absolute Gasteiger partial charge is 0.327 e. The smallest absolute Gasteiger partial charge is 0.324 e. The van der Waals surface area contributed by atoms with Gasteiger partial charge in [-0.3, -0.25) is 10.1 Å². The zero-order chi connectivity index (χ0) is 15.8. The summed E-state index contributed by atoms with van der Waals surface area (Å²) in [6, 6.07) is 2.95. The molecule has 1 fully saturated rings. The van der Waals surface area contributed by atoms with Gasteiger partial charge in [-0.2, -0.15) is 8.70 Å². The average Bonchev–Trinajstić information content (AvgIpc) is 2.41. The normalized spacial score (nSPS) is 24.0. The van der Waals surface area contributed by atoms with E-state index in [4.69, 9.17) is 5.73 Å². The number of nitrogens with zero attached hydrogens (tertiary/aromatic N) is 2. The molecule has 0 aromatic heterocycles. The van der Waals surface area contributed by atoms with Crippen molar-refractivity contribution in [2.24, 2.45) is 11.7 Å². The minimum absolute atomic E-state index is 0.0684. The molecule has 0 bridgehead atoms. The number of hydrogen-bond acceptors (Lipinski definition) is 5. The van der Waals surface area contributed by atoms with E-state index in [-0.39, 0.29) is 25.0 Å². The first-order valence-corrected chi connectivity index (χ1v) is 7.87. The minimum atomic E-state index is -4.12. The van der Waals surface area contributed by atoms with E-state index in [1.165, 1.54) is 0 Å². The van der Waals surface area contributed by atoms with Gasteiger partial charge in [-0.15, -0.1) is 0 Å². The Balaban J connectivity index is 2.46. The summed E-state index contributed by atoms with van der Waals surface area (Å²) in [5, 5.41) is 11.0. The molecule has 21 heavy (non-hydrogen) atoms. The molecular formula is C12H16FN3O4S. The molecule has 2 atom stereocenters. The van der Waals surface area contributed by atoms with Gasteiger partial charge in [-0.25, -0.2) is 8.42 Å². The molecule has 0 aliphatic carbocycles. The lowest BCUT2D eigenvalue weighted by molar-refractivity contribution is -0.390. The Bertz CT molecular complexity index is 664. The van der Waals surface area contributed by atoms with Crippen LogP contribution in [0, 0.1) is 21.8 Å². The highest BCUT2D eigenvalue weighted by atomic mass is 32.2. The van der Waals surface area contributed by atoms with Crippen LogP contribution in [0.25, 0.3) is 0 Å². The molecule has 2 rings (SSSR count). The maximum absolute atomic E-state index is 13.6. The fourth-order valence-corrected chi connectivity index (χ4v) is 4.09. The molecule has 1 aromatic rings. The summed E-state index contributed by atoms with van der Waals surface area (Å²) in [6.07, 6.45) is 0.462. The third kappa shape index (κ3) is 2.89. The van der Waals surface area contributed by atoms with E-state index >= 15 is 0 Å². The molecule has 1 heterocycles. The van der Waals surface area contributed by atoms with Crippen LogP contribution >= 0.6 is 0 Å². The monoisotopic (exact) mass is 317 g/mol. The van der Waals surface area contributed by atoms with Crippen LogP contribution in [-0.4, -0.2) is 36.8 Å². The molecule has 1 aliphatic heterocycles. The zero-order valence-corrected chi connectivity index (χ0v) is 12.2. The van der Waals surface area contributed by atoms with Crippen LogP contribution in [0.4, 0.5) is 10.1 Å². The number of nitro benzene ring substituents is 1. The van der Waals surface area contributed by atoms with Crippen LogP contribution in [0.15, 0.2) is 23.1 Å². The number of piperidine rings is 1. The topological polar surface area (TPSA) is 107 Å². The number of hydrogen-bond donors (Lipinski definition) is 1. The van der Waals surface area contributed by atoms with Crippen molar-refractivity contribution in [3.05, 3.63) is 34.1 Å². The molecule has 1 saturated heterocycles. The van der Waals surface area contributed by atoms with Crippen LogP contribution in [0.3, 0.4) is 0 Å². The van der Waals surface area contributed by atoms with Crippen molar-refractivity contribution >= 4 is 15.7 Å². The summed E-state index contributed by atoms with van der Waals surface area (Å²) in [6.45, 7) is 2.14. The fraction of sp³-hybridized carbons (Fsp3) is 0.500. The Kier molecular flexibility index (Phi) is 4.26. The Morgan fingerprint density at radius 1 is 1.48 bits per heavy atom. The van der Waals surface area contributed by atoms with Crippen LogP contribution in [-0.2, 0) is 10.0 Å². The molecule has 7 nitrogen and oxygen atoms in total. The van der Waals surface area contributed by atoms with Crippen molar-refractivity contribution in [1.29, 1.82) is 0 Å². The molecule has 1 aromatic carbocycles. The Morgan fingerprint density at radius 3 is 2.71 bits per heavy atom. The van der Waals surface area contributed by atoms with Crippen LogP contribution in [0.1, 0.15) is 13.3 Å². The Hall–Kier alpha value is -1.58. The number of nitro groups is 1.